The van der Waals surface area contributed by atoms with Crippen LogP contribution in [0.5, 0.6) is 5.88 Å². The topological polar surface area (TPSA) is 84.1 Å². The third kappa shape index (κ3) is 2.94. The monoisotopic (exact) mass is 349 g/mol. The molecule has 3 aromatic rings. The minimum atomic E-state index is -0.123. The van der Waals surface area contributed by atoms with Crippen molar-refractivity contribution < 1.29 is 9.53 Å². The van der Waals surface area contributed by atoms with Gasteiger partial charge in [-0.05, 0) is 47.4 Å². The zero-order valence-corrected chi connectivity index (χ0v) is 14.2. The molecule has 0 spiro atoms. The smallest absolute Gasteiger partial charge is 0.255 e. The first-order valence-corrected chi connectivity index (χ1v) is 8.62. The Hall–Kier alpha value is -3.15. The maximum atomic E-state index is 12.2. The van der Waals surface area contributed by atoms with Gasteiger partial charge in [-0.15, -0.1) is 6.58 Å². The van der Waals surface area contributed by atoms with Crippen molar-refractivity contribution in [2.45, 2.75) is 25.3 Å². The van der Waals surface area contributed by atoms with Crippen molar-refractivity contribution in [1.82, 2.24) is 15.3 Å². The fourth-order valence-electron chi connectivity index (χ4n) is 3.38. The molecular formula is C20H19N3O3. The lowest BCUT2D eigenvalue weighted by molar-refractivity contribution is -0.119. The van der Waals surface area contributed by atoms with Crippen LogP contribution in [-0.2, 0) is 11.2 Å². The van der Waals surface area contributed by atoms with E-state index in [9.17, 15) is 9.59 Å². The standard InChI is InChI=1S/C20H19N3O3/c1-2-3-13-10-22-19(25)17-8-12-6-7-21-20(16(12)9-15(13)17)26-11-14-4-5-18(24)23-14/h2,6-10,14H,1,3-5,11H2,(H,22,25)(H,23,24)/t14-/m0/s1. The molecule has 0 aliphatic carbocycles. The Labute approximate surface area is 149 Å². The van der Waals surface area contributed by atoms with Crippen LogP contribution in [-0.4, -0.2) is 28.5 Å². The Morgan fingerprint density at radius 1 is 1.27 bits per heavy atom. The van der Waals surface area contributed by atoms with Crippen molar-refractivity contribution in [3.05, 3.63) is 59.2 Å². The van der Waals surface area contributed by atoms with E-state index in [2.05, 4.69) is 21.9 Å². The number of carbonyl (C=O) groups excluding carboxylic acids is 1. The van der Waals surface area contributed by atoms with Crippen LogP contribution in [0, 0.1) is 0 Å². The first-order valence-electron chi connectivity index (χ1n) is 8.62. The maximum Gasteiger partial charge on any atom is 0.255 e. The summed E-state index contributed by atoms with van der Waals surface area (Å²) in [6, 6.07) is 5.69. The van der Waals surface area contributed by atoms with Gasteiger partial charge in [0.25, 0.3) is 5.56 Å². The predicted molar refractivity (Wildman–Crippen MR) is 100 cm³/mol. The summed E-state index contributed by atoms with van der Waals surface area (Å²) in [6.45, 7) is 4.16. The number of pyridine rings is 2. The summed E-state index contributed by atoms with van der Waals surface area (Å²) in [6.07, 6.45) is 7.16. The first-order chi connectivity index (χ1) is 12.7. The van der Waals surface area contributed by atoms with E-state index in [-0.39, 0.29) is 17.5 Å². The number of hydrogen-bond donors (Lipinski definition) is 2. The number of fused-ring (bicyclic) bond motifs is 2. The second-order valence-electron chi connectivity index (χ2n) is 6.48. The molecule has 26 heavy (non-hydrogen) atoms. The van der Waals surface area contributed by atoms with Crippen LogP contribution in [0.1, 0.15) is 18.4 Å². The van der Waals surface area contributed by atoms with Gasteiger partial charge in [0, 0.05) is 29.6 Å². The molecule has 1 aliphatic heterocycles. The highest BCUT2D eigenvalue weighted by molar-refractivity contribution is 6.01. The molecule has 1 aliphatic rings. The van der Waals surface area contributed by atoms with E-state index in [0.29, 0.717) is 30.7 Å². The number of nitrogens with one attached hydrogen (secondary N) is 2. The number of aromatic amines is 1. The third-order valence-electron chi connectivity index (χ3n) is 4.70. The van der Waals surface area contributed by atoms with Crippen LogP contribution in [0.3, 0.4) is 0 Å². The van der Waals surface area contributed by atoms with Gasteiger partial charge in [-0.1, -0.05) is 6.08 Å². The van der Waals surface area contributed by atoms with Crippen LogP contribution >= 0.6 is 0 Å². The zero-order chi connectivity index (χ0) is 18.1. The van der Waals surface area contributed by atoms with Gasteiger partial charge >= 0.3 is 0 Å². The quantitative estimate of drug-likeness (QED) is 0.547. The fraction of sp³-hybridized carbons (Fsp3) is 0.250. The molecule has 0 radical (unpaired) electrons. The van der Waals surface area contributed by atoms with Crippen molar-refractivity contribution in [1.29, 1.82) is 0 Å². The molecule has 6 heteroatoms. The van der Waals surface area contributed by atoms with Crippen molar-refractivity contribution in [3.8, 4) is 5.88 Å². The molecule has 6 nitrogen and oxygen atoms in total. The normalized spacial score (nSPS) is 16.8. The van der Waals surface area contributed by atoms with Gasteiger partial charge in [0.2, 0.25) is 11.8 Å². The van der Waals surface area contributed by atoms with E-state index < -0.39 is 0 Å². The second kappa shape index (κ2) is 6.63. The summed E-state index contributed by atoms with van der Waals surface area (Å²) in [5.74, 6) is 0.569. The summed E-state index contributed by atoms with van der Waals surface area (Å²) >= 11 is 0. The molecular weight excluding hydrogens is 330 g/mol. The van der Waals surface area contributed by atoms with Crippen LogP contribution in [0.2, 0.25) is 0 Å². The molecule has 0 bridgehead atoms. The summed E-state index contributed by atoms with van der Waals surface area (Å²) in [7, 11) is 0. The first kappa shape index (κ1) is 16.3. The van der Waals surface area contributed by atoms with E-state index >= 15 is 0 Å². The minimum absolute atomic E-state index is 0.0131. The molecule has 0 saturated carbocycles. The average molecular weight is 349 g/mol. The Morgan fingerprint density at radius 3 is 2.92 bits per heavy atom. The molecule has 1 amide bonds. The molecule has 2 aromatic heterocycles. The lowest BCUT2D eigenvalue weighted by Crippen LogP contribution is -2.31. The van der Waals surface area contributed by atoms with E-state index in [1.165, 1.54) is 0 Å². The van der Waals surface area contributed by atoms with Gasteiger partial charge in [0.05, 0.1) is 6.04 Å². The molecule has 132 valence electrons. The third-order valence-corrected chi connectivity index (χ3v) is 4.70. The highest BCUT2D eigenvalue weighted by atomic mass is 16.5. The molecule has 4 rings (SSSR count). The van der Waals surface area contributed by atoms with E-state index in [1.54, 1.807) is 18.5 Å². The highest BCUT2D eigenvalue weighted by Crippen LogP contribution is 2.29. The van der Waals surface area contributed by atoms with Crippen molar-refractivity contribution in [2.75, 3.05) is 6.61 Å². The van der Waals surface area contributed by atoms with Crippen molar-refractivity contribution in [2.24, 2.45) is 0 Å². The number of nitrogens with zero attached hydrogens (tertiary/aromatic N) is 1. The number of hydrogen-bond acceptors (Lipinski definition) is 4. The largest absolute Gasteiger partial charge is 0.475 e. The Bertz CT molecular complexity index is 1070. The van der Waals surface area contributed by atoms with Gasteiger partial charge in [0.1, 0.15) is 6.61 Å². The van der Waals surface area contributed by atoms with E-state index in [4.69, 9.17) is 4.74 Å². The lowest BCUT2D eigenvalue weighted by Gasteiger charge is -2.13. The second-order valence-corrected chi connectivity index (χ2v) is 6.48. The number of benzene rings is 1. The van der Waals surface area contributed by atoms with Gasteiger partial charge < -0.3 is 15.0 Å². The fourth-order valence-corrected chi connectivity index (χ4v) is 3.38. The maximum absolute atomic E-state index is 12.2. The average Bonchev–Trinajstić information content (AvgIpc) is 3.06. The molecule has 0 unspecified atom stereocenters. The molecule has 3 heterocycles. The highest BCUT2D eigenvalue weighted by Gasteiger charge is 2.21. The number of ether oxygens (including phenoxy) is 1. The number of aromatic nitrogens is 2. The van der Waals surface area contributed by atoms with Gasteiger partial charge in [-0.25, -0.2) is 4.98 Å². The van der Waals surface area contributed by atoms with E-state index in [0.717, 1.165) is 28.1 Å². The Kier molecular flexibility index (Phi) is 4.16. The zero-order valence-electron chi connectivity index (χ0n) is 14.2. The molecule has 1 fully saturated rings. The minimum Gasteiger partial charge on any atom is -0.475 e. The van der Waals surface area contributed by atoms with Crippen LogP contribution in [0.15, 0.2) is 48.0 Å². The van der Waals surface area contributed by atoms with Crippen LogP contribution < -0.4 is 15.6 Å². The molecule has 2 N–H and O–H groups in total. The Balaban J connectivity index is 1.77. The van der Waals surface area contributed by atoms with Gasteiger partial charge in [-0.2, -0.15) is 0 Å². The lowest BCUT2D eigenvalue weighted by atomic mass is 10.0. The number of carbonyl (C=O) groups is 1. The molecule has 1 atom stereocenters. The molecule has 1 saturated heterocycles. The van der Waals surface area contributed by atoms with Crippen LogP contribution in [0.4, 0.5) is 0 Å². The molecule has 1 aromatic carbocycles. The van der Waals surface area contributed by atoms with Crippen LogP contribution in [0.25, 0.3) is 21.5 Å². The summed E-state index contributed by atoms with van der Waals surface area (Å²) in [5.41, 5.74) is 0.872. The predicted octanol–water partition coefficient (Wildman–Crippen LogP) is 2.46. The van der Waals surface area contributed by atoms with Gasteiger partial charge in [0.15, 0.2) is 0 Å². The number of rotatable bonds is 5. The number of amides is 1. The Morgan fingerprint density at radius 2 is 2.15 bits per heavy atom. The number of H-pyrrole nitrogens is 1. The SMILES string of the molecule is C=CCc1c[nH]c(=O)c2cc3ccnc(OC[C@@H]4CCC(=O)N4)c3cc12. The van der Waals surface area contributed by atoms with Gasteiger partial charge in [-0.3, -0.25) is 9.59 Å². The van der Waals surface area contributed by atoms with E-state index in [1.807, 2.05) is 18.2 Å². The summed E-state index contributed by atoms with van der Waals surface area (Å²) in [5, 5.41) is 6.13. The number of allylic oxidation sites excluding steroid dienone is 1. The summed E-state index contributed by atoms with van der Waals surface area (Å²) < 4.78 is 5.90. The van der Waals surface area contributed by atoms with Crippen molar-refractivity contribution in [3.63, 3.8) is 0 Å². The summed E-state index contributed by atoms with van der Waals surface area (Å²) in [4.78, 5) is 30.7. The van der Waals surface area contributed by atoms with Crippen molar-refractivity contribution >= 4 is 27.5 Å².